The summed E-state index contributed by atoms with van der Waals surface area (Å²) in [6.07, 6.45) is 1.83. The normalized spacial score (nSPS) is 11.1. The molecule has 0 radical (unpaired) electrons. The number of nitro benzene ring substituents is 1. The zero-order valence-corrected chi connectivity index (χ0v) is 12.8. The number of hydrogen-bond donors (Lipinski definition) is 1. The molecule has 0 amide bonds. The van der Waals surface area contributed by atoms with Crippen molar-refractivity contribution in [3.05, 3.63) is 51.3 Å². The number of nitrogens with one attached hydrogen (secondary N) is 1. The van der Waals surface area contributed by atoms with E-state index < -0.39 is 0 Å². The van der Waals surface area contributed by atoms with Crippen LogP contribution in [0.1, 0.15) is 30.7 Å². The predicted octanol–water partition coefficient (Wildman–Crippen LogP) is 2.90. The summed E-state index contributed by atoms with van der Waals surface area (Å²) in [6.45, 7) is 8.50. The molecular formula is C15H20N4O2. The van der Waals surface area contributed by atoms with Gasteiger partial charge in [-0.2, -0.15) is 5.10 Å². The summed E-state index contributed by atoms with van der Waals surface area (Å²) in [4.78, 5) is 10.7. The van der Waals surface area contributed by atoms with E-state index in [0.717, 1.165) is 16.9 Å². The highest BCUT2D eigenvalue weighted by atomic mass is 16.6. The molecule has 0 saturated carbocycles. The minimum atomic E-state index is -0.358. The molecule has 1 heterocycles. The Balaban J connectivity index is 2.33. The Morgan fingerprint density at radius 1 is 1.33 bits per heavy atom. The average Bonchev–Trinajstić information content (AvgIpc) is 2.84. The molecule has 6 nitrogen and oxygen atoms in total. The number of aryl methyl sites for hydroxylation is 2. The van der Waals surface area contributed by atoms with E-state index in [9.17, 15) is 10.1 Å². The van der Waals surface area contributed by atoms with Gasteiger partial charge in [-0.3, -0.25) is 10.1 Å². The summed E-state index contributed by atoms with van der Waals surface area (Å²) in [6, 6.07) is 5.70. The lowest BCUT2D eigenvalue weighted by Gasteiger charge is -2.08. The Morgan fingerprint density at radius 3 is 2.67 bits per heavy atom. The molecule has 0 bridgehead atoms. The van der Waals surface area contributed by atoms with Gasteiger partial charge in [-0.15, -0.1) is 0 Å². The summed E-state index contributed by atoms with van der Waals surface area (Å²) < 4.78 is 1.69. The van der Waals surface area contributed by atoms with Gasteiger partial charge in [0.1, 0.15) is 0 Å². The molecule has 6 heteroatoms. The van der Waals surface area contributed by atoms with E-state index in [0.29, 0.717) is 18.2 Å². The zero-order valence-electron chi connectivity index (χ0n) is 12.8. The van der Waals surface area contributed by atoms with Crippen LogP contribution in [0, 0.1) is 24.0 Å². The number of hydrogen-bond acceptors (Lipinski definition) is 4. The first-order valence-corrected chi connectivity index (χ1v) is 6.92. The third-order valence-corrected chi connectivity index (χ3v) is 3.29. The van der Waals surface area contributed by atoms with Crippen LogP contribution in [0.15, 0.2) is 24.4 Å². The molecule has 0 saturated heterocycles. The van der Waals surface area contributed by atoms with Crippen molar-refractivity contribution in [1.29, 1.82) is 0 Å². The maximum atomic E-state index is 11.1. The minimum Gasteiger partial charge on any atom is -0.309 e. The van der Waals surface area contributed by atoms with Crippen molar-refractivity contribution in [3.63, 3.8) is 0 Å². The SMILES string of the molecule is Cc1cc(C)c([N+](=O)[O-])cc1-n1ccc(CNC(C)C)n1. The van der Waals surface area contributed by atoms with Crippen LogP contribution in [0.5, 0.6) is 0 Å². The molecule has 0 aliphatic carbocycles. The first-order chi connectivity index (χ1) is 9.88. The van der Waals surface area contributed by atoms with Crippen molar-refractivity contribution in [2.45, 2.75) is 40.3 Å². The molecule has 0 atom stereocenters. The van der Waals surface area contributed by atoms with Crippen molar-refractivity contribution in [1.82, 2.24) is 15.1 Å². The zero-order chi connectivity index (χ0) is 15.6. The van der Waals surface area contributed by atoms with Gasteiger partial charge in [-0.05, 0) is 31.5 Å². The summed E-state index contributed by atoms with van der Waals surface area (Å²) in [7, 11) is 0. The maximum Gasteiger partial charge on any atom is 0.274 e. The molecule has 0 aliphatic rings. The van der Waals surface area contributed by atoms with E-state index in [1.165, 1.54) is 0 Å². The first-order valence-electron chi connectivity index (χ1n) is 6.92. The smallest absolute Gasteiger partial charge is 0.274 e. The van der Waals surface area contributed by atoms with Crippen LogP contribution in [0.3, 0.4) is 0 Å². The molecule has 0 spiro atoms. The lowest BCUT2D eigenvalue weighted by atomic mass is 10.1. The van der Waals surface area contributed by atoms with E-state index in [1.54, 1.807) is 17.7 Å². The fourth-order valence-electron chi connectivity index (χ4n) is 2.17. The lowest BCUT2D eigenvalue weighted by Crippen LogP contribution is -2.22. The molecule has 2 aromatic rings. The highest BCUT2D eigenvalue weighted by Crippen LogP contribution is 2.25. The number of nitrogens with zero attached hydrogens (tertiary/aromatic N) is 3. The molecular weight excluding hydrogens is 268 g/mol. The molecule has 112 valence electrons. The van der Waals surface area contributed by atoms with Crippen molar-refractivity contribution in [2.24, 2.45) is 0 Å². The number of rotatable bonds is 5. The molecule has 1 aromatic heterocycles. The van der Waals surface area contributed by atoms with E-state index in [1.807, 2.05) is 25.3 Å². The number of nitro groups is 1. The van der Waals surface area contributed by atoms with Gasteiger partial charge < -0.3 is 5.32 Å². The van der Waals surface area contributed by atoms with Crippen LogP contribution in [0.4, 0.5) is 5.69 Å². The Labute approximate surface area is 123 Å². The van der Waals surface area contributed by atoms with E-state index in [2.05, 4.69) is 24.3 Å². The minimum absolute atomic E-state index is 0.118. The van der Waals surface area contributed by atoms with Gasteiger partial charge in [0.2, 0.25) is 0 Å². The van der Waals surface area contributed by atoms with Crippen molar-refractivity contribution in [2.75, 3.05) is 0 Å². The van der Waals surface area contributed by atoms with Crippen LogP contribution in [0.25, 0.3) is 5.69 Å². The third kappa shape index (κ3) is 3.46. The average molecular weight is 288 g/mol. The van der Waals surface area contributed by atoms with Crippen LogP contribution >= 0.6 is 0 Å². The molecule has 1 N–H and O–H groups in total. The van der Waals surface area contributed by atoms with E-state index in [-0.39, 0.29) is 10.6 Å². The van der Waals surface area contributed by atoms with Crippen LogP contribution in [-0.4, -0.2) is 20.7 Å². The van der Waals surface area contributed by atoms with Crippen LogP contribution in [0.2, 0.25) is 0 Å². The largest absolute Gasteiger partial charge is 0.309 e. The van der Waals surface area contributed by atoms with Crippen molar-refractivity contribution < 1.29 is 4.92 Å². The molecule has 0 fully saturated rings. The van der Waals surface area contributed by atoms with Crippen LogP contribution in [-0.2, 0) is 6.54 Å². The molecule has 2 rings (SSSR count). The van der Waals surface area contributed by atoms with E-state index >= 15 is 0 Å². The molecule has 1 aromatic carbocycles. The Morgan fingerprint density at radius 2 is 2.05 bits per heavy atom. The molecule has 0 aliphatic heterocycles. The standard InChI is InChI=1S/C15H20N4O2/c1-10(2)16-9-13-5-6-18(17-13)14-8-15(19(20)21)12(4)7-11(14)3/h5-8,10,16H,9H2,1-4H3. The summed E-state index contributed by atoms with van der Waals surface area (Å²) in [5.74, 6) is 0. The van der Waals surface area contributed by atoms with Gasteiger partial charge in [0.15, 0.2) is 0 Å². The quantitative estimate of drug-likeness (QED) is 0.678. The van der Waals surface area contributed by atoms with Crippen molar-refractivity contribution >= 4 is 5.69 Å². The second kappa shape index (κ2) is 6.05. The molecule has 21 heavy (non-hydrogen) atoms. The lowest BCUT2D eigenvalue weighted by molar-refractivity contribution is -0.385. The first kappa shape index (κ1) is 15.2. The molecule has 0 unspecified atom stereocenters. The monoisotopic (exact) mass is 288 g/mol. The van der Waals surface area contributed by atoms with Crippen molar-refractivity contribution in [3.8, 4) is 5.69 Å². The summed E-state index contributed by atoms with van der Waals surface area (Å²) in [5.41, 5.74) is 3.39. The summed E-state index contributed by atoms with van der Waals surface area (Å²) >= 11 is 0. The van der Waals surface area contributed by atoms with Gasteiger partial charge in [-0.25, -0.2) is 4.68 Å². The second-order valence-electron chi connectivity index (χ2n) is 5.47. The van der Waals surface area contributed by atoms with E-state index in [4.69, 9.17) is 0 Å². The third-order valence-electron chi connectivity index (χ3n) is 3.29. The fourth-order valence-corrected chi connectivity index (χ4v) is 2.17. The second-order valence-corrected chi connectivity index (χ2v) is 5.47. The predicted molar refractivity (Wildman–Crippen MR) is 81.7 cm³/mol. The highest BCUT2D eigenvalue weighted by molar-refractivity contribution is 5.53. The fraction of sp³-hybridized carbons (Fsp3) is 0.400. The van der Waals surface area contributed by atoms with Gasteiger partial charge in [0.05, 0.1) is 16.3 Å². The maximum absolute atomic E-state index is 11.1. The van der Waals surface area contributed by atoms with Gasteiger partial charge in [0, 0.05) is 30.4 Å². The Kier molecular flexibility index (Phi) is 4.37. The van der Waals surface area contributed by atoms with Crippen LogP contribution < -0.4 is 5.32 Å². The highest BCUT2D eigenvalue weighted by Gasteiger charge is 2.15. The Hall–Kier alpha value is -2.21. The number of benzene rings is 1. The Bertz CT molecular complexity index is 662. The number of aromatic nitrogens is 2. The van der Waals surface area contributed by atoms with Gasteiger partial charge in [0.25, 0.3) is 5.69 Å². The summed E-state index contributed by atoms with van der Waals surface area (Å²) in [5, 5.41) is 18.8. The van der Waals surface area contributed by atoms with Gasteiger partial charge >= 0.3 is 0 Å². The van der Waals surface area contributed by atoms with Gasteiger partial charge in [-0.1, -0.05) is 13.8 Å². The topological polar surface area (TPSA) is 73.0 Å².